The molecule has 0 fully saturated rings. The zero-order valence-corrected chi connectivity index (χ0v) is 16.5. The smallest absolute Gasteiger partial charge is 0.325 e. The third-order valence-electron chi connectivity index (χ3n) is 4.22. The molecule has 2 aromatic carbocycles. The fourth-order valence-electron chi connectivity index (χ4n) is 2.90. The summed E-state index contributed by atoms with van der Waals surface area (Å²) in [6, 6.07) is 14.7. The summed E-state index contributed by atoms with van der Waals surface area (Å²) in [7, 11) is 0. The number of benzene rings is 2. The highest BCUT2D eigenvalue weighted by atomic mass is 35.5. The molecule has 0 aliphatic rings. The van der Waals surface area contributed by atoms with Crippen LogP contribution in [0.1, 0.15) is 5.69 Å². The van der Waals surface area contributed by atoms with Crippen LogP contribution in [0.15, 0.2) is 59.4 Å². The molecule has 2 aromatic heterocycles. The summed E-state index contributed by atoms with van der Waals surface area (Å²) in [6.45, 7) is 1.45. The summed E-state index contributed by atoms with van der Waals surface area (Å²) in [4.78, 5) is 29.6. The van der Waals surface area contributed by atoms with Crippen molar-refractivity contribution in [3.05, 3.63) is 81.6 Å². The fraction of sp³-hybridized carbons (Fsp3) is 0.100. The molecule has 2 heterocycles. The molecule has 0 aliphatic carbocycles. The molecule has 0 bridgehead atoms. The van der Waals surface area contributed by atoms with Crippen LogP contribution in [0.3, 0.4) is 0 Å². The standard InChI is InChI=1S/C20H16ClFN6O2/c1-12-9-17-26-27(11-18(29)24-14-7-8-16(22)15(21)10-14)20(30)28(17)19(23-12)25-13-5-3-2-4-6-13/h2-10H,11H2,1H3,(H,23,25)(H,24,29). The molecule has 0 saturated heterocycles. The number of carbonyl (C=O) groups is 1. The summed E-state index contributed by atoms with van der Waals surface area (Å²) in [5, 5.41) is 9.77. The lowest BCUT2D eigenvalue weighted by Gasteiger charge is -2.07. The third kappa shape index (κ3) is 4.01. The van der Waals surface area contributed by atoms with Crippen LogP contribution in [0.25, 0.3) is 5.65 Å². The summed E-state index contributed by atoms with van der Waals surface area (Å²) in [5.41, 5.74) is 1.55. The second-order valence-electron chi connectivity index (χ2n) is 6.52. The van der Waals surface area contributed by atoms with Crippen molar-refractivity contribution in [3.8, 4) is 0 Å². The number of halogens is 2. The predicted octanol–water partition coefficient (Wildman–Crippen LogP) is 3.37. The molecule has 152 valence electrons. The number of nitrogens with one attached hydrogen (secondary N) is 2. The number of hydrogen-bond acceptors (Lipinski definition) is 5. The number of aromatic nitrogens is 4. The number of hydrogen-bond donors (Lipinski definition) is 2. The van der Waals surface area contributed by atoms with Crippen LogP contribution >= 0.6 is 11.6 Å². The first-order valence-corrected chi connectivity index (χ1v) is 9.33. The van der Waals surface area contributed by atoms with E-state index in [-0.39, 0.29) is 17.5 Å². The number of rotatable bonds is 5. The zero-order valence-electron chi connectivity index (χ0n) is 15.8. The minimum atomic E-state index is -0.590. The maximum absolute atomic E-state index is 13.3. The number of para-hydroxylation sites is 1. The van der Waals surface area contributed by atoms with Crippen LogP contribution < -0.4 is 16.3 Å². The van der Waals surface area contributed by atoms with Gasteiger partial charge >= 0.3 is 5.69 Å². The van der Waals surface area contributed by atoms with Crippen LogP contribution in [0.4, 0.5) is 21.7 Å². The maximum Gasteiger partial charge on any atom is 0.353 e. The minimum absolute atomic E-state index is 0.115. The zero-order chi connectivity index (χ0) is 21.3. The molecule has 0 radical (unpaired) electrons. The number of anilines is 3. The van der Waals surface area contributed by atoms with E-state index in [4.69, 9.17) is 11.6 Å². The molecule has 0 saturated carbocycles. The number of carbonyl (C=O) groups excluding carboxylic acids is 1. The van der Waals surface area contributed by atoms with E-state index < -0.39 is 17.4 Å². The van der Waals surface area contributed by atoms with Crippen molar-refractivity contribution in [2.45, 2.75) is 13.5 Å². The van der Waals surface area contributed by atoms with Gasteiger partial charge in [-0.1, -0.05) is 29.8 Å². The highest BCUT2D eigenvalue weighted by Crippen LogP contribution is 2.19. The second-order valence-corrected chi connectivity index (χ2v) is 6.93. The Balaban J connectivity index is 1.62. The number of fused-ring (bicyclic) bond motifs is 1. The Bertz CT molecular complexity index is 1300. The van der Waals surface area contributed by atoms with Gasteiger partial charge in [0.1, 0.15) is 12.4 Å². The first-order chi connectivity index (χ1) is 14.4. The number of nitrogens with zero attached hydrogens (tertiary/aromatic N) is 4. The minimum Gasteiger partial charge on any atom is -0.325 e. The lowest BCUT2D eigenvalue weighted by Crippen LogP contribution is -2.29. The predicted molar refractivity (Wildman–Crippen MR) is 112 cm³/mol. The van der Waals surface area contributed by atoms with Gasteiger partial charge < -0.3 is 10.6 Å². The first-order valence-electron chi connectivity index (χ1n) is 8.95. The van der Waals surface area contributed by atoms with Gasteiger partial charge in [0.2, 0.25) is 11.9 Å². The average Bonchev–Trinajstić information content (AvgIpc) is 3.00. The molecule has 0 atom stereocenters. The molecule has 0 spiro atoms. The van der Waals surface area contributed by atoms with E-state index >= 15 is 0 Å². The van der Waals surface area contributed by atoms with Gasteiger partial charge in [-0.2, -0.15) is 0 Å². The van der Waals surface area contributed by atoms with Crippen molar-refractivity contribution in [2.75, 3.05) is 10.6 Å². The summed E-state index contributed by atoms with van der Waals surface area (Å²) < 4.78 is 15.6. The van der Waals surface area contributed by atoms with E-state index in [0.717, 1.165) is 16.4 Å². The van der Waals surface area contributed by atoms with Crippen molar-refractivity contribution in [3.63, 3.8) is 0 Å². The van der Waals surface area contributed by atoms with E-state index in [1.54, 1.807) is 13.0 Å². The molecule has 4 aromatic rings. The lowest BCUT2D eigenvalue weighted by atomic mass is 10.3. The molecule has 30 heavy (non-hydrogen) atoms. The molecule has 4 rings (SSSR count). The molecular weight excluding hydrogens is 411 g/mol. The molecule has 10 heteroatoms. The Hall–Kier alpha value is -3.72. The molecule has 0 aliphatic heterocycles. The van der Waals surface area contributed by atoms with Gasteiger partial charge in [-0.05, 0) is 37.3 Å². The topological polar surface area (TPSA) is 93.3 Å². The van der Waals surface area contributed by atoms with Crippen LogP contribution in [0, 0.1) is 12.7 Å². The summed E-state index contributed by atoms with van der Waals surface area (Å²) in [5.74, 6) is -0.809. The Kier molecular flexibility index (Phi) is 5.20. The van der Waals surface area contributed by atoms with E-state index in [1.165, 1.54) is 16.5 Å². The molecule has 0 unspecified atom stereocenters. The van der Waals surface area contributed by atoms with Crippen LogP contribution in [-0.4, -0.2) is 25.1 Å². The second kappa shape index (κ2) is 7.96. The first kappa shape index (κ1) is 19.6. The van der Waals surface area contributed by atoms with Gasteiger partial charge in [-0.15, -0.1) is 5.10 Å². The van der Waals surface area contributed by atoms with Gasteiger partial charge in [-0.3, -0.25) is 4.79 Å². The van der Waals surface area contributed by atoms with Gasteiger partial charge in [0.25, 0.3) is 0 Å². The largest absolute Gasteiger partial charge is 0.353 e. The molecule has 8 nitrogen and oxygen atoms in total. The number of aryl methyl sites for hydroxylation is 1. The maximum atomic E-state index is 13.3. The Labute approximate surface area is 174 Å². The third-order valence-corrected chi connectivity index (χ3v) is 4.51. The Morgan fingerprint density at radius 1 is 1.13 bits per heavy atom. The van der Waals surface area contributed by atoms with Crippen molar-refractivity contribution in [2.24, 2.45) is 0 Å². The van der Waals surface area contributed by atoms with Crippen LogP contribution in [-0.2, 0) is 11.3 Å². The van der Waals surface area contributed by atoms with E-state index in [0.29, 0.717) is 17.0 Å². The van der Waals surface area contributed by atoms with Crippen LogP contribution in [0.2, 0.25) is 5.02 Å². The fourth-order valence-corrected chi connectivity index (χ4v) is 3.08. The SMILES string of the molecule is Cc1cc2nn(CC(=O)Nc3ccc(F)c(Cl)c3)c(=O)n2c(Nc2ccccc2)n1. The van der Waals surface area contributed by atoms with Gasteiger partial charge in [-0.25, -0.2) is 23.3 Å². The van der Waals surface area contributed by atoms with E-state index in [1.807, 2.05) is 30.3 Å². The number of amides is 1. The van der Waals surface area contributed by atoms with E-state index in [2.05, 4.69) is 20.7 Å². The average molecular weight is 427 g/mol. The summed E-state index contributed by atoms with van der Waals surface area (Å²) in [6.07, 6.45) is 0. The highest BCUT2D eigenvalue weighted by Gasteiger charge is 2.16. The quantitative estimate of drug-likeness (QED) is 0.510. The van der Waals surface area contributed by atoms with Gasteiger partial charge in [0.05, 0.1) is 5.02 Å². The van der Waals surface area contributed by atoms with Gasteiger partial charge in [0.15, 0.2) is 5.65 Å². The van der Waals surface area contributed by atoms with Crippen molar-refractivity contribution in [1.82, 2.24) is 19.2 Å². The van der Waals surface area contributed by atoms with Gasteiger partial charge in [0, 0.05) is 23.1 Å². The summed E-state index contributed by atoms with van der Waals surface area (Å²) >= 11 is 5.72. The molecular formula is C20H16ClFN6O2. The molecule has 2 N–H and O–H groups in total. The monoisotopic (exact) mass is 426 g/mol. The normalized spacial score (nSPS) is 10.9. The lowest BCUT2D eigenvalue weighted by molar-refractivity contribution is -0.117. The van der Waals surface area contributed by atoms with Crippen molar-refractivity contribution < 1.29 is 9.18 Å². The Morgan fingerprint density at radius 3 is 2.63 bits per heavy atom. The highest BCUT2D eigenvalue weighted by molar-refractivity contribution is 6.31. The van der Waals surface area contributed by atoms with Crippen LogP contribution in [0.5, 0.6) is 0 Å². The molecule has 1 amide bonds. The van der Waals surface area contributed by atoms with Crippen molar-refractivity contribution >= 4 is 40.5 Å². The Morgan fingerprint density at radius 2 is 1.90 bits per heavy atom. The van der Waals surface area contributed by atoms with Crippen molar-refractivity contribution in [1.29, 1.82) is 0 Å². The van der Waals surface area contributed by atoms with E-state index in [9.17, 15) is 14.0 Å².